The van der Waals surface area contributed by atoms with E-state index in [0.29, 0.717) is 18.7 Å². The highest BCUT2D eigenvalue weighted by Gasteiger charge is 2.08. The van der Waals surface area contributed by atoms with Gasteiger partial charge in [0.25, 0.3) is 5.91 Å². The highest BCUT2D eigenvalue weighted by Crippen LogP contribution is 2.12. The molecule has 3 rings (SSSR count). The van der Waals surface area contributed by atoms with Crippen LogP contribution in [0.2, 0.25) is 0 Å². The lowest BCUT2D eigenvalue weighted by atomic mass is 10.1. The molecule has 2 aromatic heterocycles. The predicted molar refractivity (Wildman–Crippen MR) is 97.6 cm³/mol. The Morgan fingerprint density at radius 3 is 2.56 bits per heavy atom. The fraction of sp³-hybridized carbons (Fsp3) is 0.158. The van der Waals surface area contributed by atoms with Gasteiger partial charge in [0.05, 0.1) is 6.26 Å². The standard InChI is InChI=1S/C19H18N2O3S/c22-18(8-5-15-9-11-25-13-15)20-12-14-3-6-16(7-4-14)21-19(23)17-2-1-10-24-17/h1-4,6-7,9-11,13H,5,8,12H2,(H,20,22)(H,21,23). The Labute approximate surface area is 149 Å². The van der Waals surface area contributed by atoms with E-state index in [9.17, 15) is 9.59 Å². The fourth-order valence-electron chi connectivity index (χ4n) is 2.29. The van der Waals surface area contributed by atoms with E-state index in [0.717, 1.165) is 12.0 Å². The maximum Gasteiger partial charge on any atom is 0.291 e. The van der Waals surface area contributed by atoms with E-state index in [1.165, 1.54) is 11.8 Å². The highest BCUT2D eigenvalue weighted by atomic mass is 32.1. The van der Waals surface area contributed by atoms with Gasteiger partial charge in [0.15, 0.2) is 5.76 Å². The van der Waals surface area contributed by atoms with Crippen LogP contribution < -0.4 is 10.6 Å². The molecule has 2 N–H and O–H groups in total. The van der Waals surface area contributed by atoms with E-state index < -0.39 is 0 Å². The van der Waals surface area contributed by atoms with Crippen LogP contribution in [0, 0.1) is 0 Å². The number of aryl methyl sites for hydroxylation is 1. The molecule has 0 spiro atoms. The largest absolute Gasteiger partial charge is 0.459 e. The predicted octanol–water partition coefficient (Wildman–Crippen LogP) is 3.84. The van der Waals surface area contributed by atoms with Crippen LogP contribution in [0.15, 0.2) is 63.9 Å². The molecule has 0 unspecified atom stereocenters. The van der Waals surface area contributed by atoms with Gasteiger partial charge in [-0.3, -0.25) is 9.59 Å². The van der Waals surface area contributed by atoms with E-state index in [4.69, 9.17) is 4.42 Å². The molecular weight excluding hydrogens is 336 g/mol. The first-order valence-electron chi connectivity index (χ1n) is 7.92. The summed E-state index contributed by atoms with van der Waals surface area (Å²) in [5.41, 5.74) is 2.84. The topological polar surface area (TPSA) is 71.3 Å². The lowest BCUT2D eigenvalue weighted by molar-refractivity contribution is -0.121. The molecule has 25 heavy (non-hydrogen) atoms. The zero-order chi connectivity index (χ0) is 17.5. The molecule has 0 radical (unpaired) electrons. The number of nitrogens with one attached hydrogen (secondary N) is 2. The Bertz CT molecular complexity index is 809. The fourth-order valence-corrected chi connectivity index (χ4v) is 2.99. The molecule has 2 amide bonds. The van der Waals surface area contributed by atoms with Crippen LogP contribution in [0.25, 0.3) is 0 Å². The Kier molecular flexibility index (Phi) is 5.64. The van der Waals surface area contributed by atoms with Crippen LogP contribution >= 0.6 is 11.3 Å². The molecule has 128 valence electrons. The minimum absolute atomic E-state index is 0.0291. The zero-order valence-corrected chi connectivity index (χ0v) is 14.3. The molecule has 3 aromatic rings. The van der Waals surface area contributed by atoms with Gasteiger partial charge < -0.3 is 15.1 Å². The Hall–Kier alpha value is -2.86. The van der Waals surface area contributed by atoms with Crippen molar-refractivity contribution < 1.29 is 14.0 Å². The molecule has 0 aliphatic rings. The maximum absolute atomic E-state index is 11.9. The summed E-state index contributed by atoms with van der Waals surface area (Å²) in [5, 5.41) is 9.73. The molecule has 0 aliphatic carbocycles. The number of furan rings is 1. The number of hydrogen-bond donors (Lipinski definition) is 2. The summed E-state index contributed by atoms with van der Waals surface area (Å²) in [7, 11) is 0. The number of rotatable bonds is 7. The van der Waals surface area contributed by atoms with E-state index in [-0.39, 0.29) is 17.6 Å². The molecule has 6 heteroatoms. The highest BCUT2D eigenvalue weighted by molar-refractivity contribution is 7.07. The summed E-state index contributed by atoms with van der Waals surface area (Å²) in [6.45, 7) is 0.467. The van der Waals surface area contributed by atoms with Gasteiger partial charge in [-0.25, -0.2) is 0 Å². The number of benzene rings is 1. The molecule has 0 saturated heterocycles. The van der Waals surface area contributed by atoms with Crippen LogP contribution in [-0.2, 0) is 17.8 Å². The van der Waals surface area contributed by atoms with Gasteiger partial charge in [0.1, 0.15) is 0 Å². The summed E-state index contributed by atoms with van der Waals surface area (Å²) >= 11 is 1.64. The van der Waals surface area contributed by atoms with Gasteiger partial charge in [0, 0.05) is 18.7 Å². The summed E-state index contributed by atoms with van der Waals surface area (Å²) in [6, 6.07) is 12.7. The smallest absolute Gasteiger partial charge is 0.291 e. The first-order valence-corrected chi connectivity index (χ1v) is 8.86. The first kappa shape index (κ1) is 17.0. The van der Waals surface area contributed by atoms with Gasteiger partial charge in [-0.05, 0) is 58.6 Å². The monoisotopic (exact) mass is 354 g/mol. The number of hydrogen-bond acceptors (Lipinski definition) is 4. The van der Waals surface area contributed by atoms with Gasteiger partial charge in [-0.1, -0.05) is 12.1 Å². The van der Waals surface area contributed by atoms with Crippen LogP contribution in [-0.4, -0.2) is 11.8 Å². The third-order valence-corrected chi connectivity index (χ3v) is 4.40. The zero-order valence-electron chi connectivity index (χ0n) is 13.5. The molecule has 0 bridgehead atoms. The summed E-state index contributed by atoms with van der Waals surface area (Å²) in [6.07, 6.45) is 2.69. The average Bonchev–Trinajstić information content (AvgIpc) is 3.33. The SMILES string of the molecule is O=C(CCc1ccsc1)NCc1ccc(NC(=O)c2ccco2)cc1. The minimum atomic E-state index is -0.292. The lowest BCUT2D eigenvalue weighted by Gasteiger charge is -2.07. The number of thiophene rings is 1. The van der Waals surface area contributed by atoms with Crippen LogP contribution in [0.1, 0.15) is 28.1 Å². The van der Waals surface area contributed by atoms with Gasteiger partial charge >= 0.3 is 0 Å². The van der Waals surface area contributed by atoms with Crippen LogP contribution in [0.3, 0.4) is 0 Å². The van der Waals surface area contributed by atoms with Gasteiger partial charge in [-0.15, -0.1) is 0 Å². The number of carbonyl (C=O) groups excluding carboxylic acids is 2. The Morgan fingerprint density at radius 1 is 1.04 bits per heavy atom. The number of carbonyl (C=O) groups is 2. The van der Waals surface area contributed by atoms with Crippen molar-refractivity contribution in [2.45, 2.75) is 19.4 Å². The minimum Gasteiger partial charge on any atom is -0.459 e. The van der Waals surface area contributed by atoms with Gasteiger partial charge in [0.2, 0.25) is 5.91 Å². The summed E-state index contributed by atoms with van der Waals surface area (Å²) in [4.78, 5) is 23.8. The van der Waals surface area contributed by atoms with E-state index in [1.807, 2.05) is 23.6 Å². The first-order chi connectivity index (χ1) is 12.2. The summed E-state index contributed by atoms with van der Waals surface area (Å²) < 4.78 is 5.05. The number of anilines is 1. The Morgan fingerprint density at radius 2 is 1.88 bits per heavy atom. The van der Waals surface area contributed by atoms with Crippen molar-refractivity contribution in [3.63, 3.8) is 0 Å². The van der Waals surface area contributed by atoms with Gasteiger partial charge in [-0.2, -0.15) is 11.3 Å². The average molecular weight is 354 g/mol. The third-order valence-electron chi connectivity index (χ3n) is 3.67. The van der Waals surface area contributed by atoms with Crippen molar-refractivity contribution in [2.24, 2.45) is 0 Å². The molecule has 0 aliphatic heterocycles. The van der Waals surface area contributed by atoms with Crippen molar-refractivity contribution in [1.29, 1.82) is 0 Å². The second-order valence-corrected chi connectivity index (χ2v) is 6.32. The summed E-state index contributed by atoms with van der Waals surface area (Å²) in [5.74, 6) is 0.00263. The van der Waals surface area contributed by atoms with E-state index in [2.05, 4.69) is 16.0 Å². The van der Waals surface area contributed by atoms with Crippen molar-refractivity contribution in [3.05, 3.63) is 76.4 Å². The molecular formula is C19H18N2O3S. The maximum atomic E-state index is 11.9. The third kappa shape index (κ3) is 5.06. The number of amides is 2. The second kappa shape index (κ2) is 8.30. The van der Waals surface area contributed by atoms with Crippen LogP contribution in [0.5, 0.6) is 0 Å². The lowest BCUT2D eigenvalue weighted by Crippen LogP contribution is -2.22. The van der Waals surface area contributed by atoms with Crippen LogP contribution in [0.4, 0.5) is 5.69 Å². The molecule has 2 heterocycles. The molecule has 0 atom stereocenters. The molecule has 1 aromatic carbocycles. The van der Waals surface area contributed by atoms with E-state index in [1.54, 1.807) is 35.6 Å². The molecule has 0 saturated carbocycles. The van der Waals surface area contributed by atoms with E-state index >= 15 is 0 Å². The second-order valence-electron chi connectivity index (χ2n) is 5.54. The molecule has 0 fully saturated rings. The quantitative estimate of drug-likeness (QED) is 0.677. The Balaban J connectivity index is 1.44. The van der Waals surface area contributed by atoms with Crippen molar-refractivity contribution in [1.82, 2.24) is 5.32 Å². The van der Waals surface area contributed by atoms with Crippen molar-refractivity contribution in [2.75, 3.05) is 5.32 Å². The van der Waals surface area contributed by atoms with Crippen molar-refractivity contribution >= 4 is 28.8 Å². The molecule has 5 nitrogen and oxygen atoms in total. The normalized spacial score (nSPS) is 10.4. The van der Waals surface area contributed by atoms with Crippen molar-refractivity contribution in [3.8, 4) is 0 Å².